The van der Waals surface area contributed by atoms with Crippen molar-refractivity contribution in [2.75, 3.05) is 39.5 Å². The van der Waals surface area contributed by atoms with Crippen LogP contribution in [0.2, 0.25) is 0 Å². The molecule has 0 fully saturated rings. The highest BCUT2D eigenvalue weighted by molar-refractivity contribution is 7.81. The van der Waals surface area contributed by atoms with Gasteiger partial charge in [0.25, 0.3) is 0 Å². The normalized spacial score (nSPS) is 14.2. The lowest BCUT2D eigenvalue weighted by molar-refractivity contribution is -0.144. The van der Waals surface area contributed by atoms with E-state index in [1.54, 1.807) is 0 Å². The van der Waals surface area contributed by atoms with Crippen LogP contribution in [0.3, 0.4) is 0 Å². The molecule has 0 N–H and O–H groups in total. The van der Waals surface area contributed by atoms with E-state index < -0.39 is 0 Å². The first-order chi connectivity index (χ1) is 13.1. The van der Waals surface area contributed by atoms with Crippen molar-refractivity contribution in [3.05, 3.63) is 0 Å². The Morgan fingerprint density at radius 1 is 0.643 bits per heavy atom. The summed E-state index contributed by atoms with van der Waals surface area (Å²) in [6.07, 6.45) is 0.715. The number of thiol groups is 3. The molecule has 0 bridgehead atoms. The third-order valence-corrected chi connectivity index (χ3v) is 3.95. The molecule has 0 rings (SSSR count). The zero-order valence-corrected chi connectivity index (χ0v) is 19.5. The van der Waals surface area contributed by atoms with Crippen LogP contribution in [-0.4, -0.2) is 78.0 Å². The predicted molar refractivity (Wildman–Crippen MR) is 119 cm³/mol. The molecule has 0 spiro atoms. The van der Waals surface area contributed by atoms with Gasteiger partial charge in [0.1, 0.15) is 19.8 Å². The molecule has 3 atom stereocenters. The van der Waals surface area contributed by atoms with E-state index in [1.807, 2.05) is 25.7 Å². The monoisotopic (exact) mass is 455 g/mol. The van der Waals surface area contributed by atoms with Crippen molar-refractivity contribution < 1.29 is 28.6 Å². The lowest BCUT2D eigenvalue weighted by Crippen LogP contribution is -2.35. The number of nitrogens with zero attached hydrogens (tertiary/aromatic N) is 1. The zero-order valence-electron chi connectivity index (χ0n) is 16.8. The van der Waals surface area contributed by atoms with Gasteiger partial charge in [-0.2, -0.15) is 37.9 Å². The average Bonchev–Trinajstić information content (AvgIpc) is 2.52. The Bertz CT molecular complexity index is 408. The molecule has 3 unspecified atom stereocenters. The predicted octanol–water partition coefficient (Wildman–Crippen LogP) is 2.04. The van der Waals surface area contributed by atoms with Crippen molar-refractivity contribution in [2.45, 2.75) is 55.8 Å². The maximum Gasteiger partial charge on any atom is 0.306 e. The summed E-state index contributed by atoms with van der Waals surface area (Å²) >= 11 is 12.5. The topological polar surface area (TPSA) is 82.1 Å². The van der Waals surface area contributed by atoms with Gasteiger partial charge in [-0.1, -0.05) is 20.8 Å². The minimum atomic E-state index is -0.314. The summed E-state index contributed by atoms with van der Waals surface area (Å²) in [5, 5.41) is -0.192. The first-order valence-corrected chi connectivity index (χ1v) is 10.9. The van der Waals surface area contributed by atoms with E-state index >= 15 is 0 Å². The Hall–Kier alpha value is -0.580. The first kappa shape index (κ1) is 27.4. The number of hydrogen-bond donors (Lipinski definition) is 3. The van der Waals surface area contributed by atoms with Gasteiger partial charge >= 0.3 is 17.9 Å². The van der Waals surface area contributed by atoms with Gasteiger partial charge < -0.3 is 14.2 Å². The quantitative estimate of drug-likeness (QED) is 0.198. The minimum Gasteiger partial charge on any atom is -0.464 e. The summed E-state index contributed by atoms with van der Waals surface area (Å²) in [7, 11) is 0. The lowest BCUT2D eigenvalue weighted by Gasteiger charge is -2.22. The molecule has 0 aromatic heterocycles. The van der Waals surface area contributed by atoms with Gasteiger partial charge in [-0.15, -0.1) is 0 Å². The molecule has 0 saturated carbocycles. The molecule has 164 valence electrons. The summed E-state index contributed by atoms with van der Waals surface area (Å²) in [6, 6.07) is 0. The molecule has 0 heterocycles. The van der Waals surface area contributed by atoms with Crippen LogP contribution in [0.1, 0.15) is 40.0 Å². The standard InChI is InChI=1S/C18H33NO6S3/c1-13(26)10-16(20)23-7-4-19(5-8-24-17(21)11-14(2)27)6-9-25-18(22)12-15(3)28/h13-15,26-28H,4-12H2,1-3H3. The van der Waals surface area contributed by atoms with Crippen LogP contribution in [0, 0.1) is 0 Å². The van der Waals surface area contributed by atoms with Gasteiger partial charge in [-0.05, 0) is 0 Å². The van der Waals surface area contributed by atoms with E-state index in [4.69, 9.17) is 14.2 Å². The van der Waals surface area contributed by atoms with Crippen LogP contribution in [0.4, 0.5) is 0 Å². The summed E-state index contributed by atoms with van der Waals surface area (Å²) in [5.41, 5.74) is 0. The van der Waals surface area contributed by atoms with E-state index in [9.17, 15) is 14.4 Å². The average molecular weight is 456 g/mol. The largest absolute Gasteiger partial charge is 0.464 e. The van der Waals surface area contributed by atoms with Crippen LogP contribution in [0.15, 0.2) is 0 Å². The highest BCUT2D eigenvalue weighted by atomic mass is 32.1. The van der Waals surface area contributed by atoms with E-state index in [0.717, 1.165) is 0 Å². The summed E-state index contributed by atoms with van der Waals surface area (Å²) in [4.78, 5) is 36.7. The maximum atomic E-state index is 11.6. The molecule has 0 amide bonds. The van der Waals surface area contributed by atoms with Crippen LogP contribution in [-0.2, 0) is 28.6 Å². The number of carbonyl (C=O) groups excluding carboxylic acids is 3. The van der Waals surface area contributed by atoms with Crippen LogP contribution >= 0.6 is 37.9 Å². The number of hydrogen-bond acceptors (Lipinski definition) is 10. The highest BCUT2D eigenvalue weighted by Gasteiger charge is 2.13. The third kappa shape index (κ3) is 17.5. The summed E-state index contributed by atoms with van der Waals surface area (Å²) in [6.45, 7) is 7.35. The Labute approximate surface area is 184 Å². The molecular formula is C18H33NO6S3. The molecule has 0 radical (unpaired) electrons. The van der Waals surface area contributed by atoms with E-state index in [1.165, 1.54) is 0 Å². The minimum absolute atomic E-state index is 0.0640. The van der Waals surface area contributed by atoms with Crippen molar-refractivity contribution in [1.82, 2.24) is 4.90 Å². The number of esters is 3. The zero-order chi connectivity index (χ0) is 21.5. The molecule has 7 nitrogen and oxygen atoms in total. The molecular weight excluding hydrogens is 422 g/mol. The fourth-order valence-electron chi connectivity index (χ4n) is 2.10. The Balaban J connectivity index is 4.34. The second-order valence-electron chi connectivity index (χ2n) is 6.66. The third-order valence-electron chi connectivity index (χ3n) is 3.40. The van der Waals surface area contributed by atoms with Crippen molar-refractivity contribution >= 4 is 55.8 Å². The molecule has 10 heteroatoms. The van der Waals surface area contributed by atoms with Crippen LogP contribution < -0.4 is 0 Å². The van der Waals surface area contributed by atoms with Crippen molar-refractivity contribution in [2.24, 2.45) is 0 Å². The van der Waals surface area contributed by atoms with Crippen molar-refractivity contribution in [3.8, 4) is 0 Å². The molecule has 0 aromatic carbocycles. The smallest absolute Gasteiger partial charge is 0.306 e. The molecule has 0 aromatic rings. The second kappa shape index (κ2) is 16.2. The van der Waals surface area contributed by atoms with Gasteiger partial charge in [0.15, 0.2) is 0 Å². The Kier molecular flexibility index (Phi) is 15.9. The number of rotatable bonds is 15. The molecule has 0 aliphatic carbocycles. The van der Waals surface area contributed by atoms with Gasteiger partial charge in [0.2, 0.25) is 0 Å². The number of ether oxygens (including phenoxy) is 3. The second-order valence-corrected chi connectivity index (χ2v) is 9.31. The summed E-state index contributed by atoms with van der Waals surface area (Å²) in [5.74, 6) is -0.942. The van der Waals surface area contributed by atoms with Crippen LogP contribution in [0.5, 0.6) is 0 Å². The Morgan fingerprint density at radius 3 is 1.11 bits per heavy atom. The van der Waals surface area contributed by atoms with E-state index in [2.05, 4.69) is 37.9 Å². The first-order valence-electron chi connectivity index (χ1n) is 9.33. The SMILES string of the molecule is CC(S)CC(=O)OCCN(CCOC(=O)CC(C)S)CCOC(=O)CC(C)S. The van der Waals surface area contributed by atoms with Gasteiger partial charge in [0, 0.05) is 35.4 Å². The lowest BCUT2D eigenvalue weighted by atomic mass is 10.3. The molecule has 0 saturated heterocycles. The molecule has 0 aliphatic heterocycles. The fourth-order valence-corrected chi connectivity index (χ4v) is 2.55. The van der Waals surface area contributed by atoms with E-state index in [0.29, 0.717) is 19.6 Å². The maximum absolute atomic E-state index is 11.6. The number of carbonyl (C=O) groups is 3. The molecule has 0 aliphatic rings. The van der Waals surface area contributed by atoms with Crippen molar-refractivity contribution in [3.63, 3.8) is 0 Å². The fraction of sp³-hybridized carbons (Fsp3) is 0.833. The van der Waals surface area contributed by atoms with Crippen LogP contribution in [0.25, 0.3) is 0 Å². The van der Waals surface area contributed by atoms with E-state index in [-0.39, 0.29) is 72.7 Å². The Morgan fingerprint density at radius 2 is 0.893 bits per heavy atom. The van der Waals surface area contributed by atoms with Gasteiger partial charge in [-0.25, -0.2) is 0 Å². The van der Waals surface area contributed by atoms with Crippen molar-refractivity contribution in [1.29, 1.82) is 0 Å². The van der Waals surface area contributed by atoms with Gasteiger partial charge in [-0.3, -0.25) is 19.3 Å². The highest BCUT2D eigenvalue weighted by Crippen LogP contribution is 2.03. The van der Waals surface area contributed by atoms with Gasteiger partial charge in [0.05, 0.1) is 19.3 Å². The summed E-state index contributed by atoms with van der Waals surface area (Å²) < 4.78 is 15.5. The molecule has 28 heavy (non-hydrogen) atoms.